The Labute approximate surface area is 118 Å². The number of nitrogens with zero attached hydrogens (tertiary/aromatic N) is 1. The average molecular weight is 284 g/mol. The Balaban J connectivity index is 0.00000133. The van der Waals surface area contributed by atoms with E-state index in [1.54, 1.807) is 0 Å². The lowest BCUT2D eigenvalue weighted by molar-refractivity contribution is 0.171. The summed E-state index contributed by atoms with van der Waals surface area (Å²) in [4.78, 5) is 4.17. The Bertz CT molecular complexity index is 507. The Hall–Kier alpha value is -1.62. The van der Waals surface area contributed by atoms with Gasteiger partial charge in [0.15, 0.2) is 17.5 Å². The first-order valence-electron chi connectivity index (χ1n) is 6.16. The monoisotopic (exact) mass is 283 g/mol. The number of ether oxygens (including phenoxy) is 2. The number of rotatable bonds is 1. The molecule has 19 heavy (non-hydrogen) atoms. The first-order chi connectivity index (χ1) is 8.67. The van der Waals surface area contributed by atoms with Crippen molar-refractivity contribution >= 4 is 18.4 Å². The molecule has 0 radical (unpaired) electrons. The Kier molecular flexibility index (Phi) is 3.75. The average Bonchev–Trinajstić information content (AvgIpc) is 2.38. The van der Waals surface area contributed by atoms with Gasteiger partial charge in [0, 0.05) is 6.54 Å². The third-order valence-electron chi connectivity index (χ3n) is 3.48. The number of fused-ring (bicyclic) bond motifs is 1. The summed E-state index contributed by atoms with van der Waals surface area (Å²) in [5.41, 5.74) is 6.72. The van der Waals surface area contributed by atoms with Crippen LogP contribution in [0.3, 0.4) is 0 Å². The molecule has 3 rings (SSSR count). The van der Waals surface area contributed by atoms with E-state index in [2.05, 4.69) is 23.3 Å². The summed E-state index contributed by atoms with van der Waals surface area (Å²) in [6.45, 7) is 4.08. The van der Waals surface area contributed by atoms with Gasteiger partial charge in [0.1, 0.15) is 13.2 Å². The third kappa shape index (κ3) is 2.56. The van der Waals surface area contributed by atoms with E-state index < -0.39 is 0 Å². The maximum atomic E-state index is 5.77. The molecule has 6 heteroatoms. The quantitative estimate of drug-likeness (QED) is 0.817. The molecule has 0 amide bonds. The Morgan fingerprint density at radius 3 is 2.74 bits per heavy atom. The van der Waals surface area contributed by atoms with Crippen molar-refractivity contribution in [2.24, 2.45) is 10.7 Å². The second-order valence-electron chi connectivity index (χ2n) is 4.83. The van der Waals surface area contributed by atoms with Gasteiger partial charge in [-0.3, -0.25) is 4.99 Å². The van der Waals surface area contributed by atoms with Crippen molar-refractivity contribution in [1.82, 2.24) is 5.32 Å². The van der Waals surface area contributed by atoms with E-state index in [1.165, 1.54) is 0 Å². The van der Waals surface area contributed by atoms with E-state index in [4.69, 9.17) is 15.2 Å². The fourth-order valence-electron chi connectivity index (χ4n) is 2.39. The first kappa shape index (κ1) is 13.8. The summed E-state index contributed by atoms with van der Waals surface area (Å²) in [6.07, 6.45) is 0.910. The van der Waals surface area contributed by atoms with Crippen LogP contribution in [0.4, 0.5) is 0 Å². The van der Waals surface area contributed by atoms with Gasteiger partial charge < -0.3 is 20.5 Å². The van der Waals surface area contributed by atoms with E-state index in [0.717, 1.165) is 30.0 Å². The number of hydrogen-bond donors (Lipinski definition) is 2. The van der Waals surface area contributed by atoms with Crippen LogP contribution in [-0.4, -0.2) is 25.7 Å². The molecule has 104 valence electrons. The highest BCUT2D eigenvalue weighted by molar-refractivity contribution is 5.85. The van der Waals surface area contributed by atoms with Crippen LogP contribution < -0.4 is 20.5 Å². The molecule has 0 saturated heterocycles. The Morgan fingerprint density at radius 2 is 2.00 bits per heavy atom. The fraction of sp³-hybridized carbons (Fsp3) is 0.462. The zero-order valence-electron chi connectivity index (χ0n) is 10.8. The molecule has 1 aromatic rings. The van der Waals surface area contributed by atoms with E-state index >= 15 is 0 Å². The van der Waals surface area contributed by atoms with Crippen LogP contribution in [0.1, 0.15) is 18.9 Å². The van der Waals surface area contributed by atoms with E-state index in [0.29, 0.717) is 19.2 Å². The molecule has 2 aliphatic rings. The third-order valence-corrected chi connectivity index (χ3v) is 3.48. The number of nitrogens with one attached hydrogen (secondary N) is 1. The van der Waals surface area contributed by atoms with Crippen LogP contribution in [0.25, 0.3) is 0 Å². The minimum atomic E-state index is -0.193. The van der Waals surface area contributed by atoms with Gasteiger partial charge in [-0.05, 0) is 31.0 Å². The lowest BCUT2D eigenvalue weighted by Gasteiger charge is -2.35. The number of guanidine groups is 1. The Morgan fingerprint density at radius 1 is 1.26 bits per heavy atom. The summed E-state index contributed by atoms with van der Waals surface area (Å²) in [6, 6.07) is 6.04. The number of nitrogens with two attached hydrogens (primary N) is 1. The molecular weight excluding hydrogens is 266 g/mol. The lowest BCUT2D eigenvalue weighted by atomic mass is 9.87. The second-order valence-corrected chi connectivity index (χ2v) is 4.83. The fourth-order valence-corrected chi connectivity index (χ4v) is 2.39. The standard InChI is InChI=1S/C13H17N3O2.ClH/c1-13(4-5-15-12(14)16-13)9-2-3-10-11(8-9)18-7-6-17-10;/h2-3,8H,4-7H2,1H3,(H3,14,15,16);1H. The summed E-state index contributed by atoms with van der Waals surface area (Å²) >= 11 is 0. The molecule has 0 aliphatic carbocycles. The highest BCUT2D eigenvalue weighted by Crippen LogP contribution is 2.36. The number of benzene rings is 1. The van der Waals surface area contributed by atoms with Gasteiger partial charge in [0.2, 0.25) is 0 Å². The summed E-state index contributed by atoms with van der Waals surface area (Å²) in [5, 5.41) is 3.25. The molecule has 1 atom stereocenters. The maximum Gasteiger partial charge on any atom is 0.189 e. The van der Waals surface area contributed by atoms with Crippen LogP contribution in [0, 0.1) is 0 Å². The SMILES string of the molecule is CC1(c2ccc3c(c2)OCCO3)CCN=C(N)N1.Cl. The molecule has 0 fully saturated rings. The number of hydrogen-bond acceptors (Lipinski definition) is 5. The maximum absolute atomic E-state index is 5.77. The molecule has 5 nitrogen and oxygen atoms in total. The van der Waals surface area contributed by atoms with Crippen molar-refractivity contribution in [1.29, 1.82) is 0 Å². The number of halogens is 1. The molecule has 2 heterocycles. The van der Waals surface area contributed by atoms with Crippen LogP contribution in [0.15, 0.2) is 23.2 Å². The van der Waals surface area contributed by atoms with Crippen LogP contribution in [-0.2, 0) is 5.54 Å². The lowest BCUT2D eigenvalue weighted by Crippen LogP contribution is -2.50. The molecular formula is C13H18ClN3O2. The van der Waals surface area contributed by atoms with Crippen LogP contribution >= 0.6 is 12.4 Å². The van der Waals surface area contributed by atoms with Crippen molar-refractivity contribution in [2.75, 3.05) is 19.8 Å². The highest BCUT2D eigenvalue weighted by Gasteiger charge is 2.30. The van der Waals surface area contributed by atoms with E-state index in [9.17, 15) is 0 Å². The molecule has 3 N–H and O–H groups in total. The molecule has 1 aromatic carbocycles. The molecule has 0 spiro atoms. The van der Waals surface area contributed by atoms with Gasteiger partial charge in [-0.25, -0.2) is 0 Å². The first-order valence-corrected chi connectivity index (χ1v) is 6.16. The summed E-state index contributed by atoms with van der Waals surface area (Å²) in [5.74, 6) is 2.12. The largest absolute Gasteiger partial charge is 0.486 e. The van der Waals surface area contributed by atoms with Crippen molar-refractivity contribution < 1.29 is 9.47 Å². The molecule has 1 unspecified atom stereocenters. The van der Waals surface area contributed by atoms with Gasteiger partial charge in [0.05, 0.1) is 5.54 Å². The van der Waals surface area contributed by atoms with E-state index in [-0.39, 0.29) is 17.9 Å². The zero-order chi connectivity index (χ0) is 12.6. The van der Waals surface area contributed by atoms with Crippen molar-refractivity contribution in [2.45, 2.75) is 18.9 Å². The van der Waals surface area contributed by atoms with Crippen LogP contribution in [0.5, 0.6) is 11.5 Å². The zero-order valence-corrected chi connectivity index (χ0v) is 11.6. The van der Waals surface area contributed by atoms with Gasteiger partial charge in [-0.2, -0.15) is 0 Å². The minimum absolute atomic E-state index is 0. The van der Waals surface area contributed by atoms with E-state index in [1.807, 2.05) is 12.1 Å². The molecule has 0 bridgehead atoms. The van der Waals surface area contributed by atoms with Gasteiger partial charge in [0.25, 0.3) is 0 Å². The summed E-state index contributed by atoms with van der Waals surface area (Å²) < 4.78 is 11.1. The van der Waals surface area contributed by atoms with Crippen molar-refractivity contribution in [3.63, 3.8) is 0 Å². The topological polar surface area (TPSA) is 68.9 Å². The highest BCUT2D eigenvalue weighted by atomic mass is 35.5. The van der Waals surface area contributed by atoms with Crippen molar-refractivity contribution in [3.8, 4) is 11.5 Å². The van der Waals surface area contributed by atoms with Gasteiger partial charge in [-0.15, -0.1) is 12.4 Å². The molecule has 0 aromatic heterocycles. The molecule has 2 aliphatic heterocycles. The molecule has 0 saturated carbocycles. The van der Waals surface area contributed by atoms with Gasteiger partial charge >= 0.3 is 0 Å². The summed E-state index contributed by atoms with van der Waals surface area (Å²) in [7, 11) is 0. The minimum Gasteiger partial charge on any atom is -0.486 e. The second kappa shape index (κ2) is 5.17. The smallest absolute Gasteiger partial charge is 0.189 e. The van der Waals surface area contributed by atoms with Crippen LogP contribution in [0.2, 0.25) is 0 Å². The van der Waals surface area contributed by atoms with Gasteiger partial charge in [-0.1, -0.05) is 6.07 Å². The van der Waals surface area contributed by atoms with Crippen molar-refractivity contribution in [3.05, 3.63) is 23.8 Å². The number of aliphatic imine (C=N–C) groups is 1. The predicted octanol–water partition coefficient (Wildman–Crippen LogP) is 1.40. The normalized spacial score (nSPS) is 24.8. The predicted molar refractivity (Wildman–Crippen MR) is 76.3 cm³/mol.